The Kier molecular flexibility index (Phi) is 2.44. The Morgan fingerprint density at radius 1 is 1.60 bits per heavy atom. The van der Waals surface area contributed by atoms with E-state index in [1.807, 2.05) is 18.2 Å². The quantitative estimate of drug-likeness (QED) is 0.806. The Morgan fingerprint density at radius 3 is 2.73 bits per heavy atom. The molecular formula is C11H13NO3. The first kappa shape index (κ1) is 10.1. The maximum absolute atomic E-state index is 11.0. The van der Waals surface area contributed by atoms with Gasteiger partial charge < -0.3 is 9.84 Å². The summed E-state index contributed by atoms with van der Waals surface area (Å²) in [6.45, 7) is 0. The van der Waals surface area contributed by atoms with E-state index < -0.39 is 17.5 Å². The Labute approximate surface area is 87.9 Å². The van der Waals surface area contributed by atoms with Gasteiger partial charge in [-0.05, 0) is 25.0 Å². The fourth-order valence-corrected chi connectivity index (χ4v) is 2.01. The van der Waals surface area contributed by atoms with E-state index in [1.54, 1.807) is 6.20 Å². The molecule has 1 aromatic heterocycles. The highest BCUT2D eigenvalue weighted by Crippen LogP contribution is 2.51. The summed E-state index contributed by atoms with van der Waals surface area (Å²) < 4.78 is 5.05. The van der Waals surface area contributed by atoms with Crippen molar-refractivity contribution in [2.75, 3.05) is 7.11 Å². The molecule has 1 N–H and O–H groups in total. The van der Waals surface area contributed by atoms with Crippen molar-refractivity contribution in [3.63, 3.8) is 0 Å². The standard InChI is InChI=1S/C11H13NO3/c1-15-9(10(13)14)11(5-6-11)8-4-2-3-7-12-8/h2-4,7,9H,5-6H2,1H3,(H,13,14). The zero-order chi connectivity index (χ0) is 10.9. The maximum atomic E-state index is 11.0. The van der Waals surface area contributed by atoms with E-state index in [2.05, 4.69) is 4.98 Å². The Hall–Kier alpha value is -1.42. The largest absolute Gasteiger partial charge is 0.479 e. The van der Waals surface area contributed by atoms with Gasteiger partial charge in [0.1, 0.15) is 0 Å². The molecule has 15 heavy (non-hydrogen) atoms. The van der Waals surface area contributed by atoms with E-state index in [0.29, 0.717) is 0 Å². The summed E-state index contributed by atoms with van der Waals surface area (Å²) in [6.07, 6.45) is 2.56. The third-order valence-electron chi connectivity index (χ3n) is 2.93. The zero-order valence-corrected chi connectivity index (χ0v) is 8.51. The Bertz CT molecular complexity index is 359. The minimum Gasteiger partial charge on any atom is -0.479 e. The summed E-state index contributed by atoms with van der Waals surface area (Å²) in [5, 5.41) is 9.06. The van der Waals surface area contributed by atoms with Crippen molar-refractivity contribution in [2.24, 2.45) is 0 Å². The van der Waals surface area contributed by atoms with E-state index in [9.17, 15) is 4.79 Å². The number of carboxylic acid groups (broad SMARTS) is 1. The number of carboxylic acids is 1. The monoisotopic (exact) mass is 207 g/mol. The lowest BCUT2D eigenvalue weighted by Crippen LogP contribution is -2.36. The summed E-state index contributed by atoms with van der Waals surface area (Å²) in [6, 6.07) is 5.56. The summed E-state index contributed by atoms with van der Waals surface area (Å²) in [5.74, 6) is -0.916. The molecule has 80 valence electrons. The van der Waals surface area contributed by atoms with Crippen molar-refractivity contribution in [1.82, 2.24) is 4.98 Å². The first-order chi connectivity index (χ1) is 7.20. The molecule has 1 heterocycles. The molecule has 1 fully saturated rings. The lowest BCUT2D eigenvalue weighted by atomic mass is 9.94. The predicted octanol–water partition coefficient (Wildman–Crippen LogP) is 1.21. The molecule has 0 saturated heterocycles. The summed E-state index contributed by atoms with van der Waals surface area (Å²) in [5.41, 5.74) is 0.418. The number of rotatable bonds is 4. The fraction of sp³-hybridized carbons (Fsp3) is 0.455. The number of pyridine rings is 1. The molecule has 1 saturated carbocycles. The Balaban J connectivity index is 2.31. The van der Waals surface area contributed by atoms with E-state index >= 15 is 0 Å². The van der Waals surface area contributed by atoms with Crippen LogP contribution in [0.15, 0.2) is 24.4 Å². The van der Waals surface area contributed by atoms with Crippen LogP contribution in [0.3, 0.4) is 0 Å². The van der Waals surface area contributed by atoms with Gasteiger partial charge in [-0.1, -0.05) is 6.07 Å². The van der Waals surface area contributed by atoms with Crippen molar-refractivity contribution in [3.05, 3.63) is 30.1 Å². The second-order valence-electron chi connectivity index (χ2n) is 3.83. The number of hydrogen-bond acceptors (Lipinski definition) is 3. The third kappa shape index (κ3) is 1.61. The highest BCUT2D eigenvalue weighted by Gasteiger charge is 2.55. The van der Waals surface area contributed by atoms with Gasteiger partial charge in [-0.2, -0.15) is 0 Å². The topological polar surface area (TPSA) is 59.4 Å². The SMILES string of the molecule is COC(C(=O)O)C1(c2ccccn2)CC1. The molecular weight excluding hydrogens is 194 g/mol. The van der Waals surface area contributed by atoms with Crippen molar-refractivity contribution >= 4 is 5.97 Å². The van der Waals surface area contributed by atoms with Crippen LogP contribution >= 0.6 is 0 Å². The highest BCUT2D eigenvalue weighted by atomic mass is 16.5. The minimum absolute atomic E-state index is 0.401. The molecule has 0 bridgehead atoms. The summed E-state index contributed by atoms with van der Waals surface area (Å²) in [4.78, 5) is 15.3. The molecule has 0 amide bonds. The lowest BCUT2D eigenvalue weighted by molar-refractivity contribution is -0.150. The molecule has 4 nitrogen and oxygen atoms in total. The molecule has 1 aliphatic rings. The summed E-state index contributed by atoms with van der Waals surface area (Å²) in [7, 11) is 1.43. The number of ether oxygens (including phenoxy) is 1. The molecule has 0 radical (unpaired) electrons. The first-order valence-corrected chi connectivity index (χ1v) is 4.88. The van der Waals surface area contributed by atoms with Gasteiger partial charge in [0.25, 0.3) is 0 Å². The number of hydrogen-bond donors (Lipinski definition) is 1. The van der Waals surface area contributed by atoms with Gasteiger partial charge >= 0.3 is 5.97 Å². The number of carbonyl (C=O) groups is 1. The van der Waals surface area contributed by atoms with Crippen LogP contribution in [0.25, 0.3) is 0 Å². The van der Waals surface area contributed by atoms with E-state index in [4.69, 9.17) is 9.84 Å². The van der Waals surface area contributed by atoms with Crippen LogP contribution in [-0.4, -0.2) is 29.3 Å². The van der Waals surface area contributed by atoms with E-state index in [1.165, 1.54) is 7.11 Å². The third-order valence-corrected chi connectivity index (χ3v) is 2.93. The molecule has 1 aliphatic carbocycles. The number of aromatic nitrogens is 1. The van der Waals surface area contributed by atoms with Crippen molar-refractivity contribution in [1.29, 1.82) is 0 Å². The zero-order valence-electron chi connectivity index (χ0n) is 8.51. The van der Waals surface area contributed by atoms with Crippen LogP contribution in [0.1, 0.15) is 18.5 Å². The molecule has 0 aromatic carbocycles. The highest BCUT2D eigenvalue weighted by molar-refractivity contribution is 5.75. The molecule has 2 rings (SSSR count). The summed E-state index contributed by atoms with van der Waals surface area (Å²) >= 11 is 0. The van der Waals surface area contributed by atoms with Crippen LogP contribution in [-0.2, 0) is 14.9 Å². The van der Waals surface area contributed by atoms with Crippen LogP contribution in [0.2, 0.25) is 0 Å². The second kappa shape index (κ2) is 3.62. The lowest BCUT2D eigenvalue weighted by Gasteiger charge is -2.21. The normalized spacial score (nSPS) is 19.5. The number of aliphatic carboxylic acids is 1. The average molecular weight is 207 g/mol. The molecule has 0 spiro atoms. The van der Waals surface area contributed by atoms with Gasteiger partial charge in [0, 0.05) is 24.4 Å². The van der Waals surface area contributed by atoms with Crippen LogP contribution in [0, 0.1) is 0 Å². The van der Waals surface area contributed by atoms with Gasteiger partial charge in [0.2, 0.25) is 0 Å². The van der Waals surface area contributed by atoms with Crippen molar-refractivity contribution in [2.45, 2.75) is 24.4 Å². The number of methoxy groups -OCH3 is 1. The predicted molar refractivity (Wildman–Crippen MR) is 53.6 cm³/mol. The molecule has 1 unspecified atom stereocenters. The minimum atomic E-state index is -0.916. The van der Waals surface area contributed by atoms with Gasteiger partial charge in [0.15, 0.2) is 6.10 Å². The molecule has 1 atom stereocenters. The molecule has 1 aromatic rings. The maximum Gasteiger partial charge on any atom is 0.333 e. The van der Waals surface area contributed by atoms with E-state index in [-0.39, 0.29) is 0 Å². The van der Waals surface area contributed by atoms with E-state index in [0.717, 1.165) is 18.5 Å². The smallest absolute Gasteiger partial charge is 0.333 e. The van der Waals surface area contributed by atoms with Crippen molar-refractivity contribution in [3.8, 4) is 0 Å². The van der Waals surface area contributed by atoms with Crippen LogP contribution < -0.4 is 0 Å². The first-order valence-electron chi connectivity index (χ1n) is 4.88. The Morgan fingerprint density at radius 2 is 2.33 bits per heavy atom. The van der Waals surface area contributed by atoms with Gasteiger partial charge in [-0.3, -0.25) is 4.98 Å². The van der Waals surface area contributed by atoms with Gasteiger partial charge in [-0.15, -0.1) is 0 Å². The van der Waals surface area contributed by atoms with Crippen LogP contribution in [0.5, 0.6) is 0 Å². The fourth-order valence-electron chi connectivity index (χ4n) is 2.01. The average Bonchev–Trinajstić information content (AvgIpc) is 3.01. The van der Waals surface area contributed by atoms with Crippen LogP contribution in [0.4, 0.5) is 0 Å². The molecule has 4 heteroatoms. The molecule has 0 aliphatic heterocycles. The number of nitrogens with zero attached hydrogens (tertiary/aromatic N) is 1. The van der Waals surface area contributed by atoms with Crippen molar-refractivity contribution < 1.29 is 14.6 Å². The second-order valence-corrected chi connectivity index (χ2v) is 3.83. The van der Waals surface area contributed by atoms with Gasteiger partial charge in [0.05, 0.1) is 0 Å². The van der Waals surface area contributed by atoms with Gasteiger partial charge in [-0.25, -0.2) is 4.79 Å².